The first-order valence-corrected chi connectivity index (χ1v) is 10.5. The van der Waals surface area contributed by atoms with Crippen molar-refractivity contribution < 1.29 is 14.4 Å². The van der Waals surface area contributed by atoms with Gasteiger partial charge in [0, 0.05) is 58.5 Å². The summed E-state index contributed by atoms with van der Waals surface area (Å²) in [6.07, 6.45) is 2.25. The van der Waals surface area contributed by atoms with E-state index in [0.717, 1.165) is 28.2 Å². The molecule has 1 aliphatic rings. The van der Waals surface area contributed by atoms with Crippen LogP contribution >= 0.6 is 0 Å². The molecule has 0 bridgehead atoms. The summed E-state index contributed by atoms with van der Waals surface area (Å²) in [5, 5.41) is 2.81. The number of H-pyrrole nitrogens is 1. The molecule has 0 saturated carbocycles. The van der Waals surface area contributed by atoms with E-state index in [1.807, 2.05) is 30.3 Å². The number of nitrogens with zero attached hydrogens (tertiary/aromatic N) is 2. The van der Waals surface area contributed by atoms with Crippen molar-refractivity contribution in [1.82, 2.24) is 14.9 Å². The summed E-state index contributed by atoms with van der Waals surface area (Å²) in [6.45, 7) is 10.9. The monoisotopic (exact) mass is 440 g/mol. The molecule has 33 heavy (non-hydrogen) atoms. The van der Waals surface area contributed by atoms with E-state index in [1.54, 1.807) is 32.2 Å². The summed E-state index contributed by atoms with van der Waals surface area (Å²) < 4.78 is 0. The molecule has 3 amide bonds. The van der Waals surface area contributed by atoms with Crippen LogP contribution in [0.2, 0.25) is 0 Å². The van der Waals surface area contributed by atoms with Gasteiger partial charge in [0.1, 0.15) is 0 Å². The number of carbonyl (C=O) groups excluding carboxylic acids is 3. The Kier molecular flexibility index (Phi) is 5.79. The van der Waals surface area contributed by atoms with E-state index in [0.29, 0.717) is 35.4 Å². The van der Waals surface area contributed by atoms with Gasteiger partial charge in [-0.15, -0.1) is 0 Å². The first-order chi connectivity index (χ1) is 15.7. The molecule has 7 nitrogen and oxygen atoms in total. The van der Waals surface area contributed by atoms with Crippen molar-refractivity contribution in [2.45, 2.75) is 20.3 Å². The summed E-state index contributed by atoms with van der Waals surface area (Å²) >= 11 is 0. The molecule has 0 atom stereocenters. The van der Waals surface area contributed by atoms with E-state index in [9.17, 15) is 14.4 Å². The predicted molar refractivity (Wildman–Crippen MR) is 127 cm³/mol. The Balaban J connectivity index is 1.63. The number of benzene rings is 1. The molecule has 2 N–H and O–H groups in total. The lowest BCUT2D eigenvalue weighted by atomic mass is 10.0. The minimum absolute atomic E-state index is 0.241. The molecule has 0 saturated heterocycles. The van der Waals surface area contributed by atoms with Crippen LogP contribution in [0.25, 0.3) is 22.5 Å². The highest BCUT2D eigenvalue weighted by Crippen LogP contribution is 2.29. The highest BCUT2D eigenvalue weighted by Gasteiger charge is 2.31. The molecule has 0 unspecified atom stereocenters. The molecule has 166 valence electrons. The second-order valence-corrected chi connectivity index (χ2v) is 8.11. The van der Waals surface area contributed by atoms with E-state index in [-0.39, 0.29) is 17.7 Å². The summed E-state index contributed by atoms with van der Waals surface area (Å²) in [6, 6.07) is 12.9. The highest BCUT2D eigenvalue weighted by molar-refractivity contribution is 6.11. The van der Waals surface area contributed by atoms with Gasteiger partial charge in [-0.05, 0) is 44.2 Å². The SMILES string of the molecule is C=C(C)C(=O)Nc1cccc(-c2cc(-c3cc4c([nH]3)CCN(C(=O)C(=C)C)C4=O)ccn2)c1. The van der Waals surface area contributed by atoms with Gasteiger partial charge in [-0.1, -0.05) is 25.3 Å². The zero-order valence-electron chi connectivity index (χ0n) is 18.6. The molecule has 2 aromatic heterocycles. The third-order valence-electron chi connectivity index (χ3n) is 5.45. The van der Waals surface area contributed by atoms with E-state index in [1.165, 1.54) is 4.90 Å². The van der Waals surface area contributed by atoms with E-state index >= 15 is 0 Å². The lowest BCUT2D eigenvalue weighted by Crippen LogP contribution is -2.42. The number of carbonyl (C=O) groups is 3. The topological polar surface area (TPSA) is 95.2 Å². The first kappa shape index (κ1) is 22.0. The van der Waals surface area contributed by atoms with Gasteiger partial charge in [-0.25, -0.2) is 0 Å². The number of aromatic nitrogens is 2. The van der Waals surface area contributed by atoms with Crippen molar-refractivity contribution in [2.75, 3.05) is 11.9 Å². The third-order valence-corrected chi connectivity index (χ3v) is 5.45. The van der Waals surface area contributed by atoms with Gasteiger partial charge in [-0.3, -0.25) is 24.3 Å². The van der Waals surface area contributed by atoms with Crippen LogP contribution in [0.4, 0.5) is 5.69 Å². The minimum atomic E-state index is -0.349. The maximum Gasteiger partial charge on any atom is 0.262 e. The number of hydrogen-bond donors (Lipinski definition) is 2. The molecule has 3 aromatic rings. The number of nitrogens with one attached hydrogen (secondary N) is 2. The summed E-state index contributed by atoms with van der Waals surface area (Å²) in [5.74, 6) is -0.908. The predicted octanol–water partition coefficient (Wildman–Crippen LogP) is 4.36. The fourth-order valence-electron chi connectivity index (χ4n) is 3.69. The maximum absolute atomic E-state index is 12.9. The average Bonchev–Trinajstić information content (AvgIpc) is 3.24. The number of pyridine rings is 1. The summed E-state index contributed by atoms with van der Waals surface area (Å²) in [4.78, 5) is 46.1. The van der Waals surface area contributed by atoms with Gasteiger partial charge in [-0.2, -0.15) is 0 Å². The maximum atomic E-state index is 12.9. The quantitative estimate of drug-likeness (QED) is 0.577. The Hall–Kier alpha value is -4.26. The normalized spacial score (nSPS) is 12.8. The van der Waals surface area contributed by atoms with Crippen LogP contribution in [0.5, 0.6) is 0 Å². The standard InChI is InChI=1S/C26H24N4O3/c1-15(2)24(31)28-19-7-5-6-17(12-19)22-13-18(8-10-27-22)23-14-20-21(29-23)9-11-30(26(20)33)25(32)16(3)4/h5-8,10,12-14,29H,1,3,9,11H2,2,4H3,(H,28,31). The van der Waals surface area contributed by atoms with E-state index in [2.05, 4.69) is 28.4 Å². The van der Waals surface area contributed by atoms with Crippen molar-refractivity contribution in [3.8, 4) is 22.5 Å². The Morgan fingerprint density at radius 3 is 2.58 bits per heavy atom. The molecule has 7 heteroatoms. The van der Waals surface area contributed by atoms with E-state index in [4.69, 9.17) is 0 Å². The summed E-state index contributed by atoms with van der Waals surface area (Å²) in [7, 11) is 0. The van der Waals surface area contributed by atoms with Crippen LogP contribution in [0, 0.1) is 0 Å². The zero-order valence-corrected chi connectivity index (χ0v) is 18.6. The molecule has 0 spiro atoms. The molecule has 1 aromatic carbocycles. The number of amides is 3. The second kappa shape index (κ2) is 8.70. The Bertz CT molecular complexity index is 1320. The van der Waals surface area contributed by atoms with Gasteiger partial charge >= 0.3 is 0 Å². The van der Waals surface area contributed by atoms with Crippen molar-refractivity contribution in [3.63, 3.8) is 0 Å². The van der Waals surface area contributed by atoms with Crippen LogP contribution in [-0.4, -0.2) is 39.1 Å². The number of aromatic amines is 1. The molecule has 4 rings (SSSR count). The smallest absolute Gasteiger partial charge is 0.262 e. The van der Waals surface area contributed by atoms with Crippen LogP contribution in [0.3, 0.4) is 0 Å². The lowest BCUT2D eigenvalue weighted by Gasteiger charge is -2.24. The fraction of sp³-hybridized carbons (Fsp3) is 0.154. The number of hydrogen-bond acceptors (Lipinski definition) is 4. The molecule has 0 aliphatic carbocycles. The van der Waals surface area contributed by atoms with Gasteiger partial charge in [0.05, 0.1) is 11.3 Å². The Morgan fingerprint density at radius 2 is 1.85 bits per heavy atom. The molecule has 0 radical (unpaired) electrons. The van der Waals surface area contributed by atoms with Crippen LogP contribution in [-0.2, 0) is 16.0 Å². The van der Waals surface area contributed by atoms with Crippen molar-refractivity contribution in [3.05, 3.63) is 84.2 Å². The van der Waals surface area contributed by atoms with Crippen molar-refractivity contribution in [1.29, 1.82) is 0 Å². The minimum Gasteiger partial charge on any atom is -0.358 e. The molecule has 3 heterocycles. The van der Waals surface area contributed by atoms with Crippen LogP contribution in [0.15, 0.2) is 73.0 Å². The fourth-order valence-corrected chi connectivity index (χ4v) is 3.69. The Labute approximate surface area is 191 Å². The number of anilines is 1. The average molecular weight is 441 g/mol. The molecular formula is C26H24N4O3. The van der Waals surface area contributed by atoms with Crippen molar-refractivity contribution in [2.24, 2.45) is 0 Å². The van der Waals surface area contributed by atoms with Crippen LogP contribution in [0.1, 0.15) is 29.9 Å². The largest absolute Gasteiger partial charge is 0.358 e. The highest BCUT2D eigenvalue weighted by atomic mass is 16.2. The third kappa shape index (κ3) is 4.39. The number of imide groups is 1. The molecular weight excluding hydrogens is 416 g/mol. The van der Waals surface area contributed by atoms with Gasteiger partial charge in [0.25, 0.3) is 17.7 Å². The molecule has 0 fully saturated rings. The lowest BCUT2D eigenvalue weighted by molar-refractivity contribution is -0.124. The van der Waals surface area contributed by atoms with E-state index < -0.39 is 0 Å². The van der Waals surface area contributed by atoms with Gasteiger partial charge in [0.2, 0.25) is 0 Å². The number of fused-ring (bicyclic) bond motifs is 1. The Morgan fingerprint density at radius 1 is 1.06 bits per heavy atom. The number of rotatable bonds is 5. The second-order valence-electron chi connectivity index (χ2n) is 8.11. The molecule has 1 aliphatic heterocycles. The summed E-state index contributed by atoms with van der Waals surface area (Å²) in [5.41, 5.74) is 5.90. The van der Waals surface area contributed by atoms with Gasteiger partial charge in [0.15, 0.2) is 0 Å². The van der Waals surface area contributed by atoms with Gasteiger partial charge < -0.3 is 10.3 Å². The van der Waals surface area contributed by atoms with Crippen molar-refractivity contribution >= 4 is 23.4 Å². The first-order valence-electron chi connectivity index (χ1n) is 10.5. The zero-order chi connectivity index (χ0) is 23.7. The van der Waals surface area contributed by atoms with Crippen LogP contribution < -0.4 is 5.32 Å².